The number of aliphatic carboxylic acids is 2. The fourth-order valence-corrected chi connectivity index (χ4v) is 3.97. The summed E-state index contributed by atoms with van der Waals surface area (Å²) in [5.74, 6) is -1.72. The molecule has 2 aliphatic heterocycles. The zero-order valence-corrected chi connectivity index (χ0v) is 14.6. The minimum atomic E-state index is -1.26. The van der Waals surface area contributed by atoms with Gasteiger partial charge in [0.2, 0.25) is 0 Å². The Morgan fingerprint density at radius 1 is 1.09 bits per heavy atom. The lowest BCUT2D eigenvalue weighted by atomic mass is 9.66. The molecule has 0 spiro atoms. The number of piperidine rings is 2. The monoisotopic (exact) mass is 326 g/mol. The molecule has 0 aliphatic carbocycles. The third-order valence-corrected chi connectivity index (χ3v) is 4.16. The first-order valence-electron chi connectivity index (χ1n) is 8.11. The quantitative estimate of drug-likeness (QED) is 0.681. The Kier molecular flexibility index (Phi) is 6.77. The maximum atomic E-state index is 9.55. The molecule has 0 radical (unpaired) electrons. The van der Waals surface area contributed by atoms with E-state index in [0.717, 1.165) is 5.92 Å². The van der Waals surface area contributed by atoms with E-state index in [1.54, 1.807) is 0 Å². The van der Waals surface area contributed by atoms with Gasteiger partial charge in [-0.3, -0.25) is 0 Å². The Morgan fingerprint density at radius 3 is 1.87 bits per heavy atom. The molecule has 2 fully saturated rings. The van der Waals surface area contributed by atoms with Gasteiger partial charge in [0.05, 0.1) is 0 Å². The van der Waals surface area contributed by atoms with Crippen LogP contribution in [0.25, 0.3) is 0 Å². The van der Waals surface area contributed by atoms with Gasteiger partial charge in [-0.1, -0.05) is 27.7 Å². The minimum absolute atomic E-state index is 0.514. The second-order valence-corrected chi connectivity index (χ2v) is 7.97. The molecule has 23 heavy (non-hydrogen) atoms. The Bertz CT molecular complexity index is 430. The van der Waals surface area contributed by atoms with Gasteiger partial charge in [0, 0.05) is 44.9 Å². The first-order valence-corrected chi connectivity index (χ1v) is 8.11. The fraction of sp³-hybridized carbons (Fsp3) is 0.765. The Morgan fingerprint density at radius 2 is 1.52 bits per heavy atom. The molecule has 6 nitrogen and oxygen atoms in total. The van der Waals surface area contributed by atoms with Crippen LogP contribution in [0, 0.1) is 16.7 Å². The molecule has 0 aromatic rings. The van der Waals surface area contributed by atoms with E-state index in [2.05, 4.69) is 37.9 Å². The van der Waals surface area contributed by atoms with Crippen molar-refractivity contribution in [1.29, 1.82) is 0 Å². The van der Waals surface area contributed by atoms with Gasteiger partial charge < -0.3 is 20.4 Å². The number of hydrogen-bond acceptors (Lipinski definition) is 4. The highest BCUT2D eigenvalue weighted by molar-refractivity contribution is 5.89. The summed E-state index contributed by atoms with van der Waals surface area (Å²) in [6, 6.07) is 0. The smallest absolute Gasteiger partial charge is 0.328 e. The Hall–Kier alpha value is -1.40. The summed E-state index contributed by atoms with van der Waals surface area (Å²) >= 11 is 0. The van der Waals surface area contributed by atoms with Gasteiger partial charge in [0.15, 0.2) is 0 Å². The van der Waals surface area contributed by atoms with Gasteiger partial charge in [0.25, 0.3) is 0 Å². The number of nitrogens with zero attached hydrogens (tertiary/aromatic N) is 1. The van der Waals surface area contributed by atoms with Crippen LogP contribution in [0.3, 0.4) is 0 Å². The normalized spacial score (nSPS) is 30.8. The molecular weight excluding hydrogens is 296 g/mol. The molecule has 3 N–H and O–H groups in total. The van der Waals surface area contributed by atoms with E-state index >= 15 is 0 Å². The standard InChI is InChI=1S/C13H26N2.C4H4O4/c1-11(2)5-15-9-12(3)6-13(4,10-15)8-14-7-12;5-3(6)1-2-4(7)8/h11,14H,5-10H2,1-4H3;1-2H,(H,5,6)(H,7,8)/b;2-1+/t12-,13+;. The van der Waals surface area contributed by atoms with Crippen molar-refractivity contribution in [3.8, 4) is 0 Å². The third-order valence-electron chi connectivity index (χ3n) is 4.16. The Labute approximate surface area is 138 Å². The van der Waals surface area contributed by atoms with Crippen LogP contribution < -0.4 is 5.32 Å². The molecule has 0 saturated carbocycles. The summed E-state index contributed by atoms with van der Waals surface area (Å²) in [6.07, 6.45) is 2.52. The molecule has 0 unspecified atom stereocenters. The highest BCUT2D eigenvalue weighted by Crippen LogP contribution is 2.42. The van der Waals surface area contributed by atoms with E-state index < -0.39 is 11.9 Å². The molecule has 0 aromatic carbocycles. The van der Waals surface area contributed by atoms with Crippen molar-refractivity contribution < 1.29 is 19.8 Å². The Balaban J connectivity index is 0.000000284. The number of hydrogen-bond donors (Lipinski definition) is 3. The summed E-state index contributed by atoms with van der Waals surface area (Å²) in [5, 5.41) is 19.2. The van der Waals surface area contributed by atoms with Crippen molar-refractivity contribution in [2.24, 2.45) is 16.7 Å². The number of likely N-dealkylation sites (tertiary alicyclic amines) is 1. The summed E-state index contributed by atoms with van der Waals surface area (Å²) in [6.45, 7) is 15.8. The van der Waals surface area contributed by atoms with E-state index in [1.165, 1.54) is 39.1 Å². The second kappa shape index (κ2) is 7.93. The summed E-state index contributed by atoms with van der Waals surface area (Å²) < 4.78 is 0. The van der Waals surface area contributed by atoms with E-state index in [-0.39, 0.29) is 0 Å². The van der Waals surface area contributed by atoms with Crippen LogP contribution in [0.15, 0.2) is 12.2 Å². The third kappa shape index (κ3) is 7.14. The van der Waals surface area contributed by atoms with Gasteiger partial charge in [-0.25, -0.2) is 9.59 Å². The molecule has 2 aliphatic rings. The minimum Gasteiger partial charge on any atom is -0.478 e. The topological polar surface area (TPSA) is 89.9 Å². The molecule has 132 valence electrons. The zero-order chi connectivity index (χ0) is 17.7. The van der Waals surface area contributed by atoms with Crippen LogP contribution in [0.5, 0.6) is 0 Å². The molecule has 2 bridgehead atoms. The number of fused-ring (bicyclic) bond motifs is 2. The van der Waals surface area contributed by atoms with Crippen molar-refractivity contribution in [3.63, 3.8) is 0 Å². The molecule has 2 saturated heterocycles. The number of carboxylic acids is 2. The lowest BCUT2D eigenvalue weighted by Gasteiger charge is -2.54. The van der Waals surface area contributed by atoms with Crippen LogP contribution in [0.2, 0.25) is 0 Å². The van der Waals surface area contributed by atoms with Crippen LogP contribution >= 0.6 is 0 Å². The molecule has 2 atom stereocenters. The zero-order valence-electron chi connectivity index (χ0n) is 14.6. The van der Waals surface area contributed by atoms with Crippen molar-refractivity contribution in [2.45, 2.75) is 34.1 Å². The highest BCUT2D eigenvalue weighted by Gasteiger charge is 2.45. The molecule has 2 heterocycles. The van der Waals surface area contributed by atoms with Crippen LogP contribution in [-0.2, 0) is 9.59 Å². The largest absolute Gasteiger partial charge is 0.478 e. The van der Waals surface area contributed by atoms with E-state index in [0.29, 0.717) is 23.0 Å². The van der Waals surface area contributed by atoms with Gasteiger partial charge in [0.1, 0.15) is 0 Å². The summed E-state index contributed by atoms with van der Waals surface area (Å²) in [4.78, 5) is 21.8. The van der Waals surface area contributed by atoms with Gasteiger partial charge in [-0.15, -0.1) is 0 Å². The van der Waals surface area contributed by atoms with Gasteiger partial charge in [-0.05, 0) is 23.2 Å². The average Bonchev–Trinajstić information content (AvgIpc) is 2.33. The first kappa shape index (κ1) is 19.6. The van der Waals surface area contributed by atoms with E-state index in [4.69, 9.17) is 10.2 Å². The van der Waals surface area contributed by atoms with Crippen LogP contribution in [0.1, 0.15) is 34.1 Å². The van der Waals surface area contributed by atoms with Gasteiger partial charge >= 0.3 is 11.9 Å². The van der Waals surface area contributed by atoms with Crippen molar-refractivity contribution in [1.82, 2.24) is 10.2 Å². The molecule has 6 heteroatoms. The van der Waals surface area contributed by atoms with Crippen LogP contribution in [-0.4, -0.2) is 59.8 Å². The predicted octanol–water partition coefficient (Wildman–Crippen LogP) is 1.68. The number of carbonyl (C=O) groups is 2. The van der Waals surface area contributed by atoms with E-state index in [9.17, 15) is 9.59 Å². The van der Waals surface area contributed by atoms with Crippen molar-refractivity contribution in [3.05, 3.63) is 12.2 Å². The predicted molar refractivity (Wildman–Crippen MR) is 89.4 cm³/mol. The fourth-order valence-electron chi connectivity index (χ4n) is 3.97. The molecular formula is C17H30N2O4. The average molecular weight is 326 g/mol. The van der Waals surface area contributed by atoms with E-state index in [1.807, 2.05) is 0 Å². The lowest BCUT2D eigenvalue weighted by molar-refractivity contribution is -0.134. The maximum Gasteiger partial charge on any atom is 0.328 e. The molecule has 0 aromatic heterocycles. The molecule has 0 amide bonds. The lowest BCUT2D eigenvalue weighted by Crippen LogP contribution is -2.61. The summed E-state index contributed by atoms with van der Waals surface area (Å²) in [7, 11) is 0. The maximum absolute atomic E-state index is 9.55. The van der Waals surface area contributed by atoms with Crippen molar-refractivity contribution >= 4 is 11.9 Å². The highest BCUT2D eigenvalue weighted by atomic mass is 16.4. The molecule has 2 rings (SSSR count). The van der Waals surface area contributed by atoms with Crippen LogP contribution in [0.4, 0.5) is 0 Å². The second-order valence-electron chi connectivity index (χ2n) is 7.97. The van der Waals surface area contributed by atoms with Gasteiger partial charge in [-0.2, -0.15) is 0 Å². The van der Waals surface area contributed by atoms with Crippen molar-refractivity contribution in [2.75, 3.05) is 32.7 Å². The first-order chi connectivity index (χ1) is 10.5. The number of rotatable bonds is 4. The number of carboxylic acid groups (broad SMARTS) is 2. The number of nitrogens with one attached hydrogen (secondary N) is 1. The summed E-state index contributed by atoms with van der Waals surface area (Å²) in [5.41, 5.74) is 1.03. The SMILES string of the molecule is CC(C)CN1C[C@]2(C)CNC[C@](C)(C1)C2.O=C(O)/C=C/C(=O)O.